The van der Waals surface area contributed by atoms with E-state index in [1.165, 1.54) is 6.07 Å². The molecule has 0 radical (unpaired) electrons. The van der Waals surface area contributed by atoms with Crippen LogP contribution in [0.15, 0.2) is 42.7 Å². The second-order valence-corrected chi connectivity index (χ2v) is 5.23. The first-order chi connectivity index (χ1) is 9.75. The predicted octanol–water partition coefficient (Wildman–Crippen LogP) is 3.37. The van der Waals surface area contributed by atoms with E-state index in [4.69, 9.17) is 11.6 Å². The van der Waals surface area contributed by atoms with Crippen LogP contribution in [0.5, 0.6) is 0 Å². The smallest absolute Gasteiger partial charge is 0.141 e. The molecule has 0 spiro atoms. The number of pyridine rings is 1. The van der Waals surface area contributed by atoms with E-state index < -0.39 is 5.82 Å². The molecule has 1 aliphatic heterocycles. The van der Waals surface area contributed by atoms with Crippen LogP contribution >= 0.6 is 11.6 Å². The number of nitrogens with one attached hydrogen (secondary N) is 1. The minimum Gasteiger partial charge on any atom is -0.336 e. The number of halogens is 2. The Morgan fingerprint density at radius 1 is 1.30 bits per heavy atom. The molecular formula is C15H15ClFN3. The SMILES string of the molecule is Fc1ccc(N(c2cccnc2)C2CCNC2)cc1Cl. The average molecular weight is 292 g/mol. The maximum Gasteiger partial charge on any atom is 0.141 e. The molecule has 1 unspecified atom stereocenters. The second-order valence-electron chi connectivity index (χ2n) is 4.83. The van der Waals surface area contributed by atoms with Crippen molar-refractivity contribution in [3.63, 3.8) is 0 Å². The molecule has 1 atom stereocenters. The summed E-state index contributed by atoms with van der Waals surface area (Å²) in [5.74, 6) is -0.397. The van der Waals surface area contributed by atoms with Gasteiger partial charge < -0.3 is 10.2 Å². The van der Waals surface area contributed by atoms with Gasteiger partial charge in [-0.05, 0) is 43.3 Å². The molecule has 2 heterocycles. The predicted molar refractivity (Wildman–Crippen MR) is 79.1 cm³/mol. The Hall–Kier alpha value is -1.65. The highest BCUT2D eigenvalue weighted by molar-refractivity contribution is 6.31. The van der Waals surface area contributed by atoms with Crippen LogP contribution in [0.4, 0.5) is 15.8 Å². The molecule has 1 saturated heterocycles. The zero-order valence-corrected chi connectivity index (χ0v) is 11.6. The number of hydrogen-bond donors (Lipinski definition) is 1. The van der Waals surface area contributed by atoms with Crippen molar-refractivity contribution >= 4 is 23.0 Å². The lowest BCUT2D eigenvalue weighted by Crippen LogP contribution is -2.33. The third-order valence-corrected chi connectivity index (χ3v) is 3.79. The van der Waals surface area contributed by atoms with Crippen molar-refractivity contribution in [3.8, 4) is 0 Å². The molecular weight excluding hydrogens is 277 g/mol. The van der Waals surface area contributed by atoms with Crippen molar-refractivity contribution in [1.29, 1.82) is 0 Å². The van der Waals surface area contributed by atoms with Crippen LogP contribution in [0.3, 0.4) is 0 Å². The standard InChI is InChI=1S/C15H15ClFN3/c16-14-8-11(3-4-15(14)17)20(13-5-7-19-10-13)12-2-1-6-18-9-12/h1-4,6,8-9,13,19H,5,7,10H2. The summed E-state index contributed by atoms with van der Waals surface area (Å²) in [5.41, 5.74) is 1.88. The summed E-state index contributed by atoms with van der Waals surface area (Å²) < 4.78 is 13.4. The van der Waals surface area contributed by atoms with Gasteiger partial charge in [0.15, 0.2) is 0 Å². The Kier molecular flexibility index (Phi) is 3.85. The molecule has 0 bridgehead atoms. The van der Waals surface area contributed by atoms with Gasteiger partial charge in [-0.2, -0.15) is 0 Å². The summed E-state index contributed by atoms with van der Waals surface area (Å²) >= 11 is 5.92. The molecule has 104 valence electrons. The van der Waals surface area contributed by atoms with Crippen molar-refractivity contribution in [2.24, 2.45) is 0 Å². The third kappa shape index (κ3) is 2.62. The minimum absolute atomic E-state index is 0.141. The normalized spacial score (nSPS) is 18.2. The molecule has 1 N–H and O–H groups in total. The first-order valence-corrected chi connectivity index (χ1v) is 6.98. The van der Waals surface area contributed by atoms with Crippen molar-refractivity contribution in [2.45, 2.75) is 12.5 Å². The van der Waals surface area contributed by atoms with Crippen LogP contribution in [0, 0.1) is 5.82 Å². The molecule has 3 nitrogen and oxygen atoms in total. The summed E-state index contributed by atoms with van der Waals surface area (Å²) in [6.07, 6.45) is 4.59. The molecule has 3 rings (SSSR count). The zero-order valence-electron chi connectivity index (χ0n) is 10.9. The van der Waals surface area contributed by atoms with E-state index in [0.29, 0.717) is 6.04 Å². The van der Waals surface area contributed by atoms with Crippen molar-refractivity contribution < 1.29 is 4.39 Å². The minimum atomic E-state index is -0.397. The molecule has 0 amide bonds. The Bertz CT molecular complexity index is 585. The summed E-state index contributed by atoms with van der Waals surface area (Å²) in [6.45, 7) is 1.88. The van der Waals surface area contributed by atoms with Crippen LogP contribution in [0.25, 0.3) is 0 Å². The van der Waals surface area contributed by atoms with Crippen molar-refractivity contribution in [2.75, 3.05) is 18.0 Å². The highest BCUT2D eigenvalue weighted by atomic mass is 35.5. The molecule has 1 fully saturated rings. The van der Waals surface area contributed by atoms with Crippen LogP contribution < -0.4 is 10.2 Å². The van der Waals surface area contributed by atoms with Gasteiger partial charge in [-0.25, -0.2) is 4.39 Å². The van der Waals surface area contributed by atoms with Gasteiger partial charge in [0, 0.05) is 24.5 Å². The zero-order chi connectivity index (χ0) is 13.9. The van der Waals surface area contributed by atoms with Gasteiger partial charge in [-0.3, -0.25) is 4.98 Å². The maximum atomic E-state index is 13.4. The first-order valence-electron chi connectivity index (χ1n) is 6.61. The average Bonchev–Trinajstić information content (AvgIpc) is 2.98. The number of benzene rings is 1. The summed E-state index contributed by atoms with van der Waals surface area (Å²) in [7, 11) is 0. The molecule has 1 aliphatic rings. The van der Waals surface area contributed by atoms with Crippen LogP contribution in [0.2, 0.25) is 5.02 Å². The van der Waals surface area contributed by atoms with Crippen LogP contribution in [0.1, 0.15) is 6.42 Å². The largest absolute Gasteiger partial charge is 0.336 e. The number of rotatable bonds is 3. The van der Waals surface area contributed by atoms with E-state index in [9.17, 15) is 4.39 Å². The number of aromatic nitrogens is 1. The summed E-state index contributed by atoms with van der Waals surface area (Å²) in [5, 5.41) is 3.49. The van der Waals surface area contributed by atoms with Crippen LogP contribution in [-0.4, -0.2) is 24.1 Å². The monoisotopic (exact) mass is 291 g/mol. The van der Waals surface area contributed by atoms with E-state index >= 15 is 0 Å². The maximum absolute atomic E-state index is 13.4. The lowest BCUT2D eigenvalue weighted by molar-refractivity contribution is 0.627. The highest BCUT2D eigenvalue weighted by Gasteiger charge is 2.24. The van der Waals surface area contributed by atoms with Gasteiger partial charge in [-0.1, -0.05) is 11.6 Å². The number of nitrogens with zero attached hydrogens (tertiary/aromatic N) is 2. The fraction of sp³-hybridized carbons (Fsp3) is 0.267. The third-order valence-electron chi connectivity index (χ3n) is 3.50. The molecule has 2 aromatic rings. The second kappa shape index (κ2) is 5.77. The van der Waals surface area contributed by atoms with E-state index in [0.717, 1.165) is 30.9 Å². The topological polar surface area (TPSA) is 28.2 Å². The van der Waals surface area contributed by atoms with Gasteiger partial charge in [-0.15, -0.1) is 0 Å². The van der Waals surface area contributed by atoms with E-state index in [2.05, 4.69) is 15.2 Å². The summed E-state index contributed by atoms with van der Waals surface area (Å²) in [6, 6.07) is 9.05. The Labute approximate surface area is 122 Å². The van der Waals surface area contributed by atoms with Gasteiger partial charge in [0.25, 0.3) is 0 Å². The lowest BCUT2D eigenvalue weighted by Gasteiger charge is -2.30. The highest BCUT2D eigenvalue weighted by Crippen LogP contribution is 2.31. The number of anilines is 2. The quantitative estimate of drug-likeness (QED) is 0.940. The molecule has 0 saturated carbocycles. The fourth-order valence-corrected chi connectivity index (χ4v) is 2.74. The van der Waals surface area contributed by atoms with E-state index in [-0.39, 0.29) is 5.02 Å². The Morgan fingerprint density at radius 3 is 2.85 bits per heavy atom. The molecule has 20 heavy (non-hydrogen) atoms. The van der Waals surface area contributed by atoms with Gasteiger partial charge in [0.1, 0.15) is 5.82 Å². The number of hydrogen-bond acceptors (Lipinski definition) is 3. The van der Waals surface area contributed by atoms with Crippen molar-refractivity contribution in [1.82, 2.24) is 10.3 Å². The molecule has 1 aromatic heterocycles. The Morgan fingerprint density at radius 2 is 2.20 bits per heavy atom. The van der Waals surface area contributed by atoms with Crippen molar-refractivity contribution in [3.05, 3.63) is 53.6 Å². The van der Waals surface area contributed by atoms with Crippen LogP contribution in [-0.2, 0) is 0 Å². The summed E-state index contributed by atoms with van der Waals surface area (Å²) in [4.78, 5) is 6.34. The van der Waals surface area contributed by atoms with Gasteiger partial charge in [0.05, 0.1) is 16.9 Å². The molecule has 5 heteroatoms. The fourth-order valence-electron chi connectivity index (χ4n) is 2.56. The Balaban J connectivity index is 2.02. The van der Waals surface area contributed by atoms with E-state index in [1.54, 1.807) is 18.3 Å². The first kappa shape index (κ1) is 13.3. The molecule has 1 aromatic carbocycles. The van der Waals surface area contributed by atoms with E-state index in [1.807, 2.05) is 18.3 Å². The van der Waals surface area contributed by atoms with Gasteiger partial charge >= 0.3 is 0 Å². The lowest BCUT2D eigenvalue weighted by atomic mass is 10.1. The van der Waals surface area contributed by atoms with Gasteiger partial charge in [0.2, 0.25) is 0 Å². The molecule has 0 aliphatic carbocycles.